The molecule has 0 aliphatic carbocycles. The van der Waals surface area contributed by atoms with Crippen LogP contribution in [0.4, 0.5) is 0 Å². The van der Waals surface area contributed by atoms with E-state index in [0.717, 1.165) is 5.57 Å². The summed E-state index contributed by atoms with van der Waals surface area (Å²) in [5, 5.41) is 0. The van der Waals surface area contributed by atoms with E-state index in [2.05, 4.69) is 16.3 Å². The van der Waals surface area contributed by atoms with Crippen LogP contribution in [0, 0.1) is 6.92 Å². The molecule has 0 aromatic carbocycles. The van der Waals surface area contributed by atoms with Crippen molar-refractivity contribution in [2.45, 2.75) is 18.1 Å². The van der Waals surface area contributed by atoms with Crippen LogP contribution in [0.5, 0.6) is 0 Å². The number of H-pyrrole nitrogens is 1. The Morgan fingerprint density at radius 2 is 2.22 bits per heavy atom. The van der Waals surface area contributed by atoms with E-state index in [0.29, 0.717) is 23.6 Å². The molecule has 0 unspecified atom stereocenters. The molecular weight excluding hydrogens is 276 g/mol. The predicted molar refractivity (Wildman–Crippen MR) is 70.5 cm³/mol. The molecule has 1 heterocycles. The van der Waals surface area contributed by atoms with Crippen molar-refractivity contribution in [3.63, 3.8) is 0 Å². The van der Waals surface area contributed by atoms with Crippen LogP contribution < -0.4 is 9.60 Å². The molecule has 18 heavy (non-hydrogen) atoms. The Morgan fingerprint density at radius 3 is 2.72 bits per heavy atom. The third kappa shape index (κ3) is 4.37. The molecule has 0 aliphatic heterocycles. The number of aromatic amines is 1. The molecular formula is C10H16N2O4S2. The molecule has 0 atom stereocenters. The van der Waals surface area contributed by atoms with Gasteiger partial charge in [-0.2, -0.15) is 0 Å². The van der Waals surface area contributed by atoms with Gasteiger partial charge in [0.25, 0.3) is 10.0 Å². The Bertz CT molecular complexity index is 571. The van der Waals surface area contributed by atoms with Crippen LogP contribution >= 0.6 is 11.3 Å². The van der Waals surface area contributed by atoms with Gasteiger partial charge in [0.1, 0.15) is 0 Å². The van der Waals surface area contributed by atoms with Gasteiger partial charge in [0, 0.05) is 12.2 Å². The van der Waals surface area contributed by atoms with Crippen molar-refractivity contribution >= 4 is 21.4 Å². The summed E-state index contributed by atoms with van der Waals surface area (Å²) in [6, 6.07) is 0. The molecule has 0 radical (unpaired) electrons. The van der Waals surface area contributed by atoms with Crippen LogP contribution in [0.2, 0.25) is 0 Å². The van der Waals surface area contributed by atoms with Gasteiger partial charge in [-0.3, -0.25) is 4.79 Å². The van der Waals surface area contributed by atoms with Crippen molar-refractivity contribution < 1.29 is 13.2 Å². The highest BCUT2D eigenvalue weighted by Crippen LogP contribution is 2.14. The lowest BCUT2D eigenvalue weighted by molar-refractivity contribution is 0.162. The molecule has 1 rings (SSSR count). The van der Waals surface area contributed by atoms with Crippen molar-refractivity contribution in [3.8, 4) is 0 Å². The second-order valence-electron chi connectivity index (χ2n) is 3.83. The van der Waals surface area contributed by atoms with E-state index >= 15 is 0 Å². The van der Waals surface area contributed by atoms with E-state index < -0.39 is 10.0 Å². The maximum atomic E-state index is 11.8. The number of hydrogen-bond donors (Lipinski definition) is 2. The lowest BCUT2D eigenvalue weighted by Crippen LogP contribution is -2.27. The molecule has 8 heteroatoms. The second kappa shape index (κ2) is 6.28. The van der Waals surface area contributed by atoms with Crippen molar-refractivity contribution in [3.05, 3.63) is 27.5 Å². The zero-order chi connectivity index (χ0) is 13.8. The third-order valence-corrected chi connectivity index (χ3v) is 4.98. The Morgan fingerprint density at radius 1 is 1.56 bits per heavy atom. The second-order valence-corrected chi connectivity index (χ2v) is 6.78. The fourth-order valence-electron chi connectivity index (χ4n) is 1.21. The number of ether oxygens (including phenoxy) is 1. The summed E-state index contributed by atoms with van der Waals surface area (Å²) in [6.45, 7) is 7.84. The number of aromatic nitrogens is 1. The van der Waals surface area contributed by atoms with Gasteiger partial charge in [0.2, 0.25) is 0 Å². The van der Waals surface area contributed by atoms with Gasteiger partial charge in [0.15, 0.2) is 4.21 Å². The van der Waals surface area contributed by atoms with E-state index in [1.807, 2.05) is 6.92 Å². The van der Waals surface area contributed by atoms with Crippen LogP contribution in [0.1, 0.15) is 12.6 Å². The smallest absolute Gasteiger partial charge is 0.305 e. The van der Waals surface area contributed by atoms with Gasteiger partial charge in [-0.15, -0.1) is 0 Å². The number of aryl methyl sites for hydroxylation is 1. The molecule has 0 amide bonds. The summed E-state index contributed by atoms with van der Waals surface area (Å²) in [5.41, 5.74) is 1.22. The SMILES string of the molecule is C=C(C)COCCNS(=O)(=O)c1sc(=O)[nH]c1C. The first-order valence-electron chi connectivity index (χ1n) is 5.24. The molecule has 1 aromatic heterocycles. The lowest BCUT2D eigenvalue weighted by Gasteiger charge is -2.06. The topological polar surface area (TPSA) is 88.3 Å². The van der Waals surface area contributed by atoms with Crippen molar-refractivity contribution in [2.75, 3.05) is 19.8 Å². The number of thiazole rings is 1. The minimum absolute atomic E-state index is 0.0207. The monoisotopic (exact) mass is 292 g/mol. The Balaban J connectivity index is 2.53. The summed E-state index contributed by atoms with van der Waals surface area (Å²) in [4.78, 5) is 13.1. The third-order valence-electron chi connectivity index (χ3n) is 1.91. The lowest BCUT2D eigenvalue weighted by atomic mass is 10.4. The summed E-state index contributed by atoms with van der Waals surface area (Å²) in [5.74, 6) is 0. The van der Waals surface area contributed by atoms with Crippen molar-refractivity contribution in [1.82, 2.24) is 9.71 Å². The summed E-state index contributed by atoms with van der Waals surface area (Å²) in [6.07, 6.45) is 0. The average Bonchev–Trinajstić information content (AvgIpc) is 2.57. The molecule has 102 valence electrons. The minimum Gasteiger partial charge on any atom is -0.376 e. The molecule has 2 N–H and O–H groups in total. The van der Waals surface area contributed by atoms with Gasteiger partial charge in [-0.05, 0) is 13.8 Å². The number of sulfonamides is 1. The van der Waals surface area contributed by atoms with Gasteiger partial charge in [-0.1, -0.05) is 23.5 Å². The fourth-order valence-corrected chi connectivity index (χ4v) is 3.56. The number of hydrogen-bond acceptors (Lipinski definition) is 5. The number of rotatable bonds is 7. The summed E-state index contributed by atoms with van der Waals surface area (Å²) >= 11 is 0.673. The van der Waals surface area contributed by atoms with Crippen molar-refractivity contribution in [1.29, 1.82) is 0 Å². The van der Waals surface area contributed by atoms with Gasteiger partial charge in [0.05, 0.1) is 13.2 Å². The Hall–Kier alpha value is -0.960. The molecule has 0 aliphatic rings. The molecule has 1 aromatic rings. The van der Waals surface area contributed by atoms with Crippen LogP contribution in [0.3, 0.4) is 0 Å². The van der Waals surface area contributed by atoms with E-state index in [9.17, 15) is 13.2 Å². The largest absolute Gasteiger partial charge is 0.376 e. The van der Waals surface area contributed by atoms with Gasteiger partial charge < -0.3 is 9.72 Å². The molecule has 0 fully saturated rings. The summed E-state index contributed by atoms with van der Waals surface area (Å²) in [7, 11) is -3.64. The minimum atomic E-state index is -3.64. The molecule has 0 saturated carbocycles. The van der Waals surface area contributed by atoms with E-state index in [-0.39, 0.29) is 22.2 Å². The van der Waals surface area contributed by atoms with Crippen LogP contribution in [-0.2, 0) is 14.8 Å². The van der Waals surface area contributed by atoms with Crippen molar-refractivity contribution in [2.24, 2.45) is 0 Å². The quantitative estimate of drug-likeness (QED) is 0.569. The summed E-state index contributed by atoms with van der Waals surface area (Å²) < 4.78 is 31.2. The predicted octanol–water partition coefficient (Wildman–Crippen LogP) is 0.616. The molecule has 0 bridgehead atoms. The number of nitrogens with one attached hydrogen (secondary N) is 2. The van der Waals surface area contributed by atoms with E-state index in [1.165, 1.54) is 0 Å². The van der Waals surface area contributed by atoms with E-state index in [1.54, 1.807) is 6.92 Å². The first-order chi connectivity index (χ1) is 8.33. The normalized spacial score (nSPS) is 11.7. The Labute approximate surface area is 110 Å². The Kier molecular flexibility index (Phi) is 5.27. The fraction of sp³-hybridized carbons (Fsp3) is 0.500. The van der Waals surface area contributed by atoms with Crippen LogP contribution in [0.25, 0.3) is 0 Å². The molecule has 0 spiro atoms. The van der Waals surface area contributed by atoms with Gasteiger partial charge in [-0.25, -0.2) is 13.1 Å². The highest BCUT2D eigenvalue weighted by Gasteiger charge is 2.19. The first kappa shape index (κ1) is 15.1. The zero-order valence-corrected chi connectivity index (χ0v) is 11.9. The van der Waals surface area contributed by atoms with Crippen LogP contribution in [0.15, 0.2) is 21.2 Å². The maximum absolute atomic E-state index is 11.8. The average molecular weight is 292 g/mol. The zero-order valence-electron chi connectivity index (χ0n) is 10.3. The standard InChI is InChI=1S/C10H16N2O4S2/c1-7(2)6-16-5-4-11-18(14,15)9-8(3)12-10(13)17-9/h11H,1,4-6H2,2-3H3,(H,12,13). The highest BCUT2D eigenvalue weighted by molar-refractivity contribution is 7.91. The molecule has 0 saturated heterocycles. The molecule has 6 nitrogen and oxygen atoms in total. The first-order valence-corrected chi connectivity index (χ1v) is 7.54. The highest BCUT2D eigenvalue weighted by atomic mass is 32.2. The van der Waals surface area contributed by atoms with Crippen LogP contribution in [-0.4, -0.2) is 33.2 Å². The van der Waals surface area contributed by atoms with E-state index in [4.69, 9.17) is 4.74 Å². The van der Waals surface area contributed by atoms with Gasteiger partial charge >= 0.3 is 4.87 Å². The maximum Gasteiger partial charge on any atom is 0.305 e.